The van der Waals surface area contributed by atoms with E-state index in [0.717, 1.165) is 30.8 Å². The van der Waals surface area contributed by atoms with Crippen molar-refractivity contribution in [3.63, 3.8) is 0 Å². The average Bonchev–Trinajstić information content (AvgIpc) is 2.81. The van der Waals surface area contributed by atoms with Crippen LogP contribution >= 0.6 is 11.3 Å². The maximum Gasteiger partial charge on any atom is 0.219 e. The number of nitrogens with zero attached hydrogens (tertiary/aromatic N) is 1. The van der Waals surface area contributed by atoms with Gasteiger partial charge in [-0.25, -0.2) is 0 Å². The van der Waals surface area contributed by atoms with Crippen LogP contribution in [0.3, 0.4) is 0 Å². The van der Waals surface area contributed by atoms with E-state index in [-0.39, 0.29) is 12.0 Å². The monoisotopic (exact) mass is 239 g/mol. The molecular weight excluding hydrogens is 222 g/mol. The number of piperidine rings is 1. The molecule has 2 rings (SSSR count). The summed E-state index contributed by atoms with van der Waals surface area (Å²) in [6.45, 7) is 3.17. The third-order valence-corrected chi connectivity index (χ3v) is 4.21. The summed E-state index contributed by atoms with van der Waals surface area (Å²) in [6, 6.07) is 3.95. The zero-order valence-corrected chi connectivity index (χ0v) is 10.2. The van der Waals surface area contributed by atoms with E-state index in [1.165, 1.54) is 0 Å². The first kappa shape index (κ1) is 11.6. The fraction of sp³-hybridized carbons (Fsp3) is 0.583. The van der Waals surface area contributed by atoms with Crippen LogP contribution in [0, 0.1) is 5.92 Å². The predicted molar refractivity (Wildman–Crippen MR) is 64.3 cm³/mol. The number of likely N-dealkylation sites (tertiary alicyclic amines) is 1. The molecule has 0 aromatic carbocycles. The lowest BCUT2D eigenvalue weighted by Gasteiger charge is -2.33. The van der Waals surface area contributed by atoms with Gasteiger partial charge in [-0.3, -0.25) is 4.79 Å². The third kappa shape index (κ3) is 2.44. The van der Waals surface area contributed by atoms with Gasteiger partial charge in [0.15, 0.2) is 0 Å². The van der Waals surface area contributed by atoms with Crippen LogP contribution in [0.4, 0.5) is 0 Å². The molecule has 1 fully saturated rings. The molecule has 3 nitrogen and oxygen atoms in total. The van der Waals surface area contributed by atoms with Gasteiger partial charge in [-0.2, -0.15) is 0 Å². The molecule has 1 saturated heterocycles. The van der Waals surface area contributed by atoms with Gasteiger partial charge in [0.05, 0.1) is 6.10 Å². The Kier molecular flexibility index (Phi) is 3.61. The molecule has 1 aliphatic rings. The smallest absolute Gasteiger partial charge is 0.219 e. The summed E-state index contributed by atoms with van der Waals surface area (Å²) in [5.41, 5.74) is 0. The van der Waals surface area contributed by atoms with Gasteiger partial charge in [0.25, 0.3) is 0 Å². The molecule has 0 bridgehead atoms. The zero-order valence-electron chi connectivity index (χ0n) is 9.43. The van der Waals surface area contributed by atoms with Crippen molar-refractivity contribution in [2.24, 2.45) is 5.92 Å². The van der Waals surface area contributed by atoms with Crippen LogP contribution in [-0.4, -0.2) is 29.0 Å². The minimum absolute atomic E-state index is 0.143. The van der Waals surface area contributed by atoms with Crippen molar-refractivity contribution in [3.05, 3.63) is 22.4 Å². The van der Waals surface area contributed by atoms with Gasteiger partial charge in [-0.1, -0.05) is 6.07 Å². The van der Waals surface area contributed by atoms with E-state index in [0.29, 0.717) is 5.92 Å². The molecule has 2 heterocycles. The second-order valence-electron chi connectivity index (χ2n) is 4.30. The first-order chi connectivity index (χ1) is 7.68. The molecule has 88 valence electrons. The number of hydrogen-bond acceptors (Lipinski definition) is 3. The minimum atomic E-state index is -0.353. The highest BCUT2D eigenvalue weighted by atomic mass is 32.1. The van der Waals surface area contributed by atoms with Crippen molar-refractivity contribution in [1.29, 1.82) is 0 Å². The van der Waals surface area contributed by atoms with Crippen molar-refractivity contribution in [1.82, 2.24) is 4.90 Å². The fourth-order valence-corrected chi connectivity index (χ4v) is 3.03. The molecule has 1 aromatic heterocycles. The highest BCUT2D eigenvalue weighted by molar-refractivity contribution is 7.10. The van der Waals surface area contributed by atoms with Gasteiger partial charge in [-0.15, -0.1) is 11.3 Å². The summed E-state index contributed by atoms with van der Waals surface area (Å²) in [5.74, 6) is 0.443. The summed E-state index contributed by atoms with van der Waals surface area (Å²) in [7, 11) is 0. The Morgan fingerprint density at radius 3 is 2.75 bits per heavy atom. The molecule has 0 saturated carbocycles. The van der Waals surface area contributed by atoms with Gasteiger partial charge < -0.3 is 10.0 Å². The fourth-order valence-electron chi connectivity index (χ4n) is 2.22. The zero-order chi connectivity index (χ0) is 11.5. The molecule has 1 aromatic rings. The Morgan fingerprint density at radius 2 is 2.25 bits per heavy atom. The van der Waals surface area contributed by atoms with Crippen LogP contribution in [0.25, 0.3) is 0 Å². The minimum Gasteiger partial charge on any atom is -0.387 e. The predicted octanol–water partition coefficient (Wildman–Crippen LogP) is 2.04. The number of carbonyl (C=O) groups excluding carboxylic acids is 1. The summed E-state index contributed by atoms with van der Waals surface area (Å²) in [6.07, 6.45) is 1.45. The van der Waals surface area contributed by atoms with Crippen LogP contribution in [0.2, 0.25) is 0 Å². The van der Waals surface area contributed by atoms with Crippen molar-refractivity contribution in [2.45, 2.75) is 25.9 Å². The van der Waals surface area contributed by atoms with E-state index in [1.54, 1.807) is 18.3 Å². The molecule has 1 atom stereocenters. The summed E-state index contributed by atoms with van der Waals surface area (Å²) < 4.78 is 0. The number of aliphatic hydroxyl groups is 1. The lowest BCUT2D eigenvalue weighted by molar-refractivity contribution is -0.130. The second kappa shape index (κ2) is 4.97. The molecule has 16 heavy (non-hydrogen) atoms. The Morgan fingerprint density at radius 1 is 1.56 bits per heavy atom. The summed E-state index contributed by atoms with van der Waals surface area (Å²) >= 11 is 1.60. The number of thiophene rings is 1. The maximum atomic E-state index is 11.2. The molecule has 1 unspecified atom stereocenters. The van der Waals surface area contributed by atoms with E-state index < -0.39 is 0 Å². The number of amides is 1. The lowest BCUT2D eigenvalue weighted by atomic mass is 9.90. The highest BCUT2D eigenvalue weighted by Crippen LogP contribution is 2.32. The topological polar surface area (TPSA) is 40.5 Å². The van der Waals surface area contributed by atoms with E-state index in [9.17, 15) is 9.90 Å². The van der Waals surface area contributed by atoms with Gasteiger partial charge >= 0.3 is 0 Å². The quantitative estimate of drug-likeness (QED) is 0.858. The second-order valence-corrected chi connectivity index (χ2v) is 5.28. The van der Waals surface area contributed by atoms with Crippen molar-refractivity contribution in [3.8, 4) is 0 Å². The standard InChI is InChI=1S/C12H17NO2S/c1-9(14)13-6-4-10(5-7-13)12(15)11-3-2-8-16-11/h2-3,8,10,12,15H,4-7H2,1H3. The van der Waals surface area contributed by atoms with Crippen molar-refractivity contribution >= 4 is 17.2 Å². The van der Waals surface area contributed by atoms with Gasteiger partial charge in [-0.05, 0) is 30.2 Å². The molecule has 1 N–H and O–H groups in total. The molecule has 1 aliphatic heterocycles. The normalized spacial score (nSPS) is 19.8. The van der Waals surface area contributed by atoms with Crippen LogP contribution in [0.1, 0.15) is 30.7 Å². The van der Waals surface area contributed by atoms with Crippen LogP contribution in [0.15, 0.2) is 17.5 Å². The van der Waals surface area contributed by atoms with Gasteiger partial charge in [0, 0.05) is 24.9 Å². The Hall–Kier alpha value is -0.870. The van der Waals surface area contributed by atoms with E-state index in [4.69, 9.17) is 0 Å². The number of aliphatic hydroxyl groups excluding tert-OH is 1. The first-order valence-corrected chi connectivity index (χ1v) is 6.53. The first-order valence-electron chi connectivity index (χ1n) is 5.65. The van der Waals surface area contributed by atoms with Gasteiger partial charge in [0.2, 0.25) is 5.91 Å². The molecule has 0 radical (unpaired) electrons. The van der Waals surface area contributed by atoms with E-state index in [1.807, 2.05) is 22.4 Å². The van der Waals surface area contributed by atoms with Crippen LogP contribution in [0.5, 0.6) is 0 Å². The number of hydrogen-bond donors (Lipinski definition) is 1. The van der Waals surface area contributed by atoms with Crippen LogP contribution < -0.4 is 0 Å². The largest absolute Gasteiger partial charge is 0.387 e. The molecule has 0 spiro atoms. The number of rotatable bonds is 2. The molecule has 1 amide bonds. The SMILES string of the molecule is CC(=O)N1CCC(C(O)c2cccs2)CC1. The summed E-state index contributed by atoms with van der Waals surface area (Å²) in [4.78, 5) is 14.1. The molecule has 4 heteroatoms. The van der Waals surface area contributed by atoms with Crippen LogP contribution in [-0.2, 0) is 4.79 Å². The van der Waals surface area contributed by atoms with Gasteiger partial charge in [0.1, 0.15) is 0 Å². The number of carbonyl (C=O) groups is 1. The lowest BCUT2D eigenvalue weighted by Crippen LogP contribution is -2.38. The highest BCUT2D eigenvalue weighted by Gasteiger charge is 2.27. The molecular formula is C12H17NO2S. The Bertz CT molecular complexity index is 342. The van der Waals surface area contributed by atoms with E-state index >= 15 is 0 Å². The van der Waals surface area contributed by atoms with Crippen molar-refractivity contribution < 1.29 is 9.90 Å². The van der Waals surface area contributed by atoms with Crippen molar-refractivity contribution in [2.75, 3.05) is 13.1 Å². The molecule has 0 aliphatic carbocycles. The third-order valence-electron chi connectivity index (χ3n) is 3.27. The Balaban J connectivity index is 1.92. The maximum absolute atomic E-state index is 11.2. The Labute approximate surface area is 99.7 Å². The van der Waals surface area contributed by atoms with E-state index in [2.05, 4.69) is 0 Å². The average molecular weight is 239 g/mol. The summed E-state index contributed by atoms with van der Waals surface area (Å²) in [5, 5.41) is 12.2.